The van der Waals surface area contributed by atoms with Gasteiger partial charge in [0.1, 0.15) is 0 Å². The van der Waals surface area contributed by atoms with Crippen LogP contribution in [0.1, 0.15) is 0 Å². The Morgan fingerprint density at radius 3 is 2.50 bits per heavy atom. The van der Waals surface area contributed by atoms with Crippen LogP contribution < -0.4 is 15.5 Å². The predicted molar refractivity (Wildman–Crippen MR) is 67.7 cm³/mol. The molecule has 0 radical (unpaired) electrons. The largest absolute Gasteiger partial charge is 0.485 e. The standard InChI is InChI=1S/C12H14F3N3O2/c13-12(14,15)17-11(19)16-9-3-1-2-4-10(9)18-5-7-20-8-6-18/h1-4H,5-8H2,(H2,16,17,19). The SMILES string of the molecule is O=C(Nc1ccccc1N1CCOCC1)NC(F)(F)F. The fourth-order valence-corrected chi connectivity index (χ4v) is 1.94. The summed E-state index contributed by atoms with van der Waals surface area (Å²) in [5, 5.41) is 3.12. The maximum Gasteiger partial charge on any atom is 0.485 e. The average molecular weight is 289 g/mol. The van der Waals surface area contributed by atoms with Crippen molar-refractivity contribution < 1.29 is 22.7 Å². The van der Waals surface area contributed by atoms with Gasteiger partial charge in [-0.15, -0.1) is 0 Å². The molecular formula is C12H14F3N3O2. The zero-order chi connectivity index (χ0) is 14.6. The highest BCUT2D eigenvalue weighted by atomic mass is 19.4. The molecule has 0 spiro atoms. The van der Waals surface area contributed by atoms with Crippen LogP contribution in [-0.4, -0.2) is 38.6 Å². The number of amides is 2. The van der Waals surface area contributed by atoms with Gasteiger partial charge < -0.3 is 15.0 Å². The molecule has 20 heavy (non-hydrogen) atoms. The molecule has 8 heteroatoms. The van der Waals surface area contributed by atoms with Gasteiger partial charge in [0.2, 0.25) is 0 Å². The topological polar surface area (TPSA) is 53.6 Å². The second-order valence-corrected chi connectivity index (χ2v) is 4.19. The lowest BCUT2D eigenvalue weighted by atomic mass is 10.2. The normalized spacial score (nSPS) is 15.8. The van der Waals surface area contributed by atoms with Crippen LogP contribution in [-0.2, 0) is 4.74 Å². The number of rotatable bonds is 2. The number of carbonyl (C=O) groups excluding carboxylic acids is 1. The molecule has 1 saturated heterocycles. The summed E-state index contributed by atoms with van der Waals surface area (Å²) < 4.78 is 41.4. The Bertz CT molecular complexity index is 473. The minimum atomic E-state index is -4.75. The molecule has 1 aromatic rings. The van der Waals surface area contributed by atoms with Crippen LogP contribution in [0.3, 0.4) is 0 Å². The van der Waals surface area contributed by atoms with Crippen molar-refractivity contribution in [1.29, 1.82) is 0 Å². The quantitative estimate of drug-likeness (QED) is 0.820. The first-order valence-electron chi connectivity index (χ1n) is 6.03. The first-order valence-corrected chi connectivity index (χ1v) is 6.03. The summed E-state index contributed by atoms with van der Waals surface area (Å²) in [5.74, 6) is 0. The lowest BCUT2D eigenvalue weighted by Gasteiger charge is -2.30. The van der Waals surface area contributed by atoms with E-state index in [2.05, 4.69) is 5.32 Å². The zero-order valence-corrected chi connectivity index (χ0v) is 10.5. The number of hydrogen-bond acceptors (Lipinski definition) is 3. The molecule has 0 aromatic heterocycles. The highest BCUT2D eigenvalue weighted by Gasteiger charge is 2.30. The second-order valence-electron chi connectivity index (χ2n) is 4.19. The number of nitrogens with zero attached hydrogens (tertiary/aromatic N) is 1. The summed E-state index contributed by atoms with van der Waals surface area (Å²) in [5.41, 5.74) is 1.00. The Hall–Kier alpha value is -1.96. The molecule has 2 amide bonds. The summed E-state index contributed by atoms with van der Waals surface area (Å²) in [7, 11) is 0. The molecule has 110 valence electrons. The van der Waals surface area contributed by atoms with E-state index in [4.69, 9.17) is 4.74 Å². The molecule has 2 N–H and O–H groups in total. The van der Waals surface area contributed by atoms with E-state index in [1.807, 2.05) is 4.90 Å². The van der Waals surface area contributed by atoms with E-state index in [0.717, 1.165) is 5.32 Å². The van der Waals surface area contributed by atoms with Crippen molar-refractivity contribution in [3.63, 3.8) is 0 Å². The molecule has 0 saturated carbocycles. The van der Waals surface area contributed by atoms with E-state index < -0.39 is 12.3 Å². The monoisotopic (exact) mass is 289 g/mol. The van der Waals surface area contributed by atoms with Gasteiger partial charge in [0.25, 0.3) is 0 Å². The summed E-state index contributed by atoms with van der Waals surface area (Å²) in [6, 6.07) is 5.40. The van der Waals surface area contributed by atoms with Crippen LogP contribution in [0.2, 0.25) is 0 Å². The molecule has 0 aliphatic carbocycles. The van der Waals surface area contributed by atoms with Crippen LogP contribution in [0.5, 0.6) is 0 Å². The Balaban J connectivity index is 2.09. The highest BCUT2D eigenvalue weighted by Crippen LogP contribution is 2.26. The molecule has 2 rings (SSSR count). The minimum absolute atomic E-state index is 0.330. The predicted octanol–water partition coefficient (Wildman–Crippen LogP) is 2.16. The Kier molecular flexibility index (Phi) is 4.33. The average Bonchev–Trinajstić information content (AvgIpc) is 2.38. The van der Waals surface area contributed by atoms with Crippen molar-refractivity contribution >= 4 is 17.4 Å². The maximum absolute atomic E-state index is 12.1. The lowest BCUT2D eigenvalue weighted by Crippen LogP contribution is -2.41. The van der Waals surface area contributed by atoms with Gasteiger partial charge in [-0.1, -0.05) is 12.1 Å². The number of para-hydroxylation sites is 2. The first kappa shape index (κ1) is 14.4. The first-order chi connectivity index (χ1) is 9.46. The third kappa shape index (κ3) is 4.02. The molecule has 5 nitrogen and oxygen atoms in total. The van der Waals surface area contributed by atoms with Crippen LogP contribution in [0, 0.1) is 0 Å². The number of hydrogen-bond donors (Lipinski definition) is 2. The number of anilines is 2. The fourth-order valence-electron chi connectivity index (χ4n) is 1.94. The van der Waals surface area contributed by atoms with Crippen LogP contribution >= 0.6 is 0 Å². The number of nitrogens with one attached hydrogen (secondary N) is 2. The summed E-state index contributed by atoms with van der Waals surface area (Å²) in [6.07, 6.45) is -4.75. The smallest absolute Gasteiger partial charge is 0.378 e. The van der Waals surface area contributed by atoms with E-state index in [1.165, 1.54) is 0 Å². The summed E-state index contributed by atoms with van der Waals surface area (Å²) in [6.45, 7) is 2.34. The van der Waals surface area contributed by atoms with E-state index in [9.17, 15) is 18.0 Å². The van der Waals surface area contributed by atoms with Gasteiger partial charge in [-0.05, 0) is 12.1 Å². The molecule has 0 unspecified atom stereocenters. The van der Waals surface area contributed by atoms with Gasteiger partial charge >= 0.3 is 12.3 Å². The number of benzene rings is 1. The van der Waals surface area contributed by atoms with Crippen LogP contribution in [0.4, 0.5) is 29.3 Å². The van der Waals surface area contributed by atoms with Gasteiger partial charge in [0.15, 0.2) is 0 Å². The van der Waals surface area contributed by atoms with E-state index >= 15 is 0 Å². The molecule has 1 aliphatic heterocycles. The van der Waals surface area contributed by atoms with Crippen molar-refractivity contribution in [1.82, 2.24) is 5.32 Å². The fraction of sp³-hybridized carbons (Fsp3) is 0.417. The third-order valence-electron chi connectivity index (χ3n) is 2.76. The lowest BCUT2D eigenvalue weighted by molar-refractivity contribution is -0.144. The van der Waals surface area contributed by atoms with Gasteiger partial charge in [-0.3, -0.25) is 0 Å². The zero-order valence-electron chi connectivity index (χ0n) is 10.5. The summed E-state index contributed by atoms with van der Waals surface area (Å²) >= 11 is 0. The van der Waals surface area contributed by atoms with E-state index in [0.29, 0.717) is 37.7 Å². The molecular weight excluding hydrogens is 275 g/mol. The van der Waals surface area contributed by atoms with Gasteiger partial charge in [0, 0.05) is 13.1 Å². The molecule has 1 aromatic carbocycles. The Labute approximate surface area is 113 Å². The van der Waals surface area contributed by atoms with Crippen molar-refractivity contribution in [2.75, 3.05) is 36.5 Å². The second kappa shape index (κ2) is 6.00. The number of halogens is 3. The van der Waals surface area contributed by atoms with E-state index in [-0.39, 0.29) is 0 Å². The van der Waals surface area contributed by atoms with Crippen LogP contribution in [0.25, 0.3) is 0 Å². The molecule has 1 fully saturated rings. The van der Waals surface area contributed by atoms with Gasteiger partial charge in [-0.25, -0.2) is 10.1 Å². The third-order valence-corrected chi connectivity index (χ3v) is 2.76. The molecule has 1 heterocycles. The number of alkyl halides is 3. The summed E-state index contributed by atoms with van der Waals surface area (Å²) in [4.78, 5) is 13.2. The number of carbonyl (C=O) groups is 1. The van der Waals surface area contributed by atoms with Crippen molar-refractivity contribution in [2.24, 2.45) is 0 Å². The van der Waals surface area contributed by atoms with Crippen LogP contribution in [0.15, 0.2) is 24.3 Å². The highest BCUT2D eigenvalue weighted by molar-refractivity contribution is 5.93. The van der Waals surface area contributed by atoms with Gasteiger partial charge in [-0.2, -0.15) is 13.2 Å². The Morgan fingerprint density at radius 2 is 1.85 bits per heavy atom. The maximum atomic E-state index is 12.1. The van der Waals surface area contributed by atoms with Crippen molar-refractivity contribution in [3.05, 3.63) is 24.3 Å². The number of urea groups is 1. The van der Waals surface area contributed by atoms with Crippen molar-refractivity contribution in [2.45, 2.75) is 6.30 Å². The number of morpholine rings is 1. The van der Waals surface area contributed by atoms with Crippen molar-refractivity contribution in [3.8, 4) is 0 Å². The molecule has 0 bridgehead atoms. The van der Waals surface area contributed by atoms with E-state index in [1.54, 1.807) is 24.3 Å². The number of ether oxygens (including phenoxy) is 1. The Morgan fingerprint density at radius 1 is 1.20 bits per heavy atom. The van der Waals surface area contributed by atoms with Gasteiger partial charge in [0.05, 0.1) is 24.6 Å². The minimum Gasteiger partial charge on any atom is -0.378 e. The molecule has 0 atom stereocenters. The molecule has 1 aliphatic rings.